The maximum Gasteiger partial charge on any atom is 0.209 e. The molecule has 0 saturated carbocycles. The van der Waals surface area contributed by atoms with Crippen molar-refractivity contribution < 1.29 is 9.72 Å². The summed E-state index contributed by atoms with van der Waals surface area (Å²) < 4.78 is 0. The second-order valence-corrected chi connectivity index (χ2v) is 6.11. The molecule has 0 bridgehead atoms. The molecule has 0 saturated heterocycles. The molecule has 0 atom stereocenters. The summed E-state index contributed by atoms with van der Waals surface area (Å²) in [6, 6.07) is 0. The molecule has 15 heavy (non-hydrogen) atoms. The molecule has 0 radical (unpaired) electrons. The summed E-state index contributed by atoms with van der Waals surface area (Å²) in [7, 11) is 0. The van der Waals surface area contributed by atoms with E-state index in [0.29, 0.717) is 6.42 Å². The quantitative estimate of drug-likeness (QED) is 0.523. The van der Waals surface area contributed by atoms with Crippen LogP contribution in [0.15, 0.2) is 0 Å². The van der Waals surface area contributed by atoms with E-state index in [2.05, 4.69) is 0 Å². The first-order valence-corrected chi connectivity index (χ1v) is 5.15. The van der Waals surface area contributed by atoms with E-state index in [0.717, 1.165) is 0 Å². The number of carbonyl (C=O) groups excluding carboxylic acids is 1. The Morgan fingerprint density at radius 3 is 1.93 bits per heavy atom. The lowest BCUT2D eigenvalue weighted by atomic mass is 9.82. The molecule has 0 unspecified atom stereocenters. The third kappa shape index (κ3) is 8.09. The number of Topliss-reactive ketones (excluding diaryl/α,β-unsaturated/α-hetero) is 1. The first-order chi connectivity index (χ1) is 6.52. The molecule has 88 valence electrons. The van der Waals surface area contributed by atoms with E-state index in [1.807, 2.05) is 20.8 Å². The average molecular weight is 215 g/mol. The highest BCUT2D eigenvalue weighted by Crippen LogP contribution is 2.26. The van der Waals surface area contributed by atoms with Gasteiger partial charge in [-0.05, 0) is 5.41 Å². The summed E-state index contributed by atoms with van der Waals surface area (Å²) in [5.41, 5.74) is -0.576. The van der Waals surface area contributed by atoms with Crippen LogP contribution in [0, 0.1) is 20.9 Å². The van der Waals surface area contributed by atoms with Gasteiger partial charge in [-0.3, -0.25) is 14.9 Å². The van der Waals surface area contributed by atoms with E-state index < -0.39 is 5.41 Å². The van der Waals surface area contributed by atoms with Crippen LogP contribution >= 0.6 is 0 Å². The van der Waals surface area contributed by atoms with Crippen LogP contribution in [-0.2, 0) is 4.79 Å². The molecule has 0 aliphatic carbocycles. The number of rotatable bonds is 5. The van der Waals surface area contributed by atoms with Crippen LogP contribution in [0.5, 0.6) is 0 Å². The van der Waals surface area contributed by atoms with E-state index in [1.165, 1.54) is 0 Å². The predicted octanol–water partition coefficient (Wildman–Crippen LogP) is 2.68. The molecular formula is C11H21NO3. The standard InChI is InChI=1S/C11H21NO3/c1-10(2,3)6-9(13)7-11(4,5)8-12(14)15/h6-8H2,1-5H3. The Labute approximate surface area is 91.2 Å². The van der Waals surface area contributed by atoms with Crippen molar-refractivity contribution >= 4 is 5.78 Å². The average Bonchev–Trinajstić information content (AvgIpc) is 1.73. The Morgan fingerprint density at radius 2 is 1.60 bits per heavy atom. The zero-order chi connectivity index (χ0) is 12.3. The first kappa shape index (κ1) is 14.1. The van der Waals surface area contributed by atoms with Gasteiger partial charge in [0.15, 0.2) is 0 Å². The smallest absolute Gasteiger partial charge is 0.209 e. The maximum atomic E-state index is 11.6. The number of nitrogens with zero attached hydrogens (tertiary/aromatic N) is 1. The third-order valence-electron chi connectivity index (χ3n) is 1.96. The number of nitro groups is 1. The number of ketones is 1. The first-order valence-electron chi connectivity index (χ1n) is 5.15. The lowest BCUT2D eigenvalue weighted by Crippen LogP contribution is -2.27. The molecule has 0 aliphatic rings. The van der Waals surface area contributed by atoms with Gasteiger partial charge in [-0.15, -0.1) is 0 Å². The van der Waals surface area contributed by atoms with Crippen molar-refractivity contribution in [1.82, 2.24) is 0 Å². The molecule has 0 rings (SSSR count). The van der Waals surface area contributed by atoms with Gasteiger partial charge >= 0.3 is 0 Å². The topological polar surface area (TPSA) is 60.2 Å². The molecule has 0 aromatic rings. The molecule has 0 aromatic carbocycles. The van der Waals surface area contributed by atoms with Crippen molar-refractivity contribution in [2.24, 2.45) is 10.8 Å². The van der Waals surface area contributed by atoms with Crippen molar-refractivity contribution in [3.63, 3.8) is 0 Å². The summed E-state index contributed by atoms with van der Waals surface area (Å²) >= 11 is 0. The minimum Gasteiger partial charge on any atom is -0.300 e. The molecule has 0 amide bonds. The van der Waals surface area contributed by atoms with Crippen LogP contribution in [0.3, 0.4) is 0 Å². The fraction of sp³-hybridized carbons (Fsp3) is 0.909. The van der Waals surface area contributed by atoms with Crippen LogP contribution in [-0.4, -0.2) is 17.3 Å². The van der Waals surface area contributed by atoms with E-state index in [1.54, 1.807) is 13.8 Å². The lowest BCUT2D eigenvalue weighted by molar-refractivity contribution is -0.495. The van der Waals surface area contributed by atoms with E-state index in [9.17, 15) is 14.9 Å². The molecule has 4 heteroatoms. The van der Waals surface area contributed by atoms with Crippen molar-refractivity contribution in [2.45, 2.75) is 47.5 Å². The molecule has 0 fully saturated rings. The van der Waals surface area contributed by atoms with Gasteiger partial charge in [-0.1, -0.05) is 34.6 Å². The fourth-order valence-corrected chi connectivity index (χ4v) is 1.59. The van der Waals surface area contributed by atoms with Gasteiger partial charge in [0.1, 0.15) is 5.78 Å². The summed E-state index contributed by atoms with van der Waals surface area (Å²) in [4.78, 5) is 21.7. The van der Waals surface area contributed by atoms with Gasteiger partial charge in [0, 0.05) is 23.2 Å². The van der Waals surface area contributed by atoms with E-state index in [4.69, 9.17) is 0 Å². The van der Waals surface area contributed by atoms with Gasteiger partial charge < -0.3 is 0 Å². The second-order valence-electron chi connectivity index (χ2n) is 6.11. The monoisotopic (exact) mass is 215 g/mol. The summed E-state index contributed by atoms with van der Waals surface area (Å²) in [6.45, 7) is 9.35. The lowest BCUT2D eigenvalue weighted by Gasteiger charge is -2.22. The Morgan fingerprint density at radius 1 is 1.13 bits per heavy atom. The molecule has 0 spiro atoms. The van der Waals surface area contributed by atoms with E-state index in [-0.39, 0.29) is 29.1 Å². The molecular weight excluding hydrogens is 194 g/mol. The predicted molar refractivity (Wildman–Crippen MR) is 59.3 cm³/mol. The zero-order valence-corrected chi connectivity index (χ0v) is 10.3. The minimum absolute atomic E-state index is 0.0399. The molecule has 0 N–H and O–H groups in total. The van der Waals surface area contributed by atoms with Crippen LogP contribution in [0.2, 0.25) is 0 Å². The summed E-state index contributed by atoms with van der Waals surface area (Å²) in [5, 5.41) is 10.4. The number of hydrogen-bond acceptors (Lipinski definition) is 3. The molecule has 4 nitrogen and oxygen atoms in total. The van der Waals surface area contributed by atoms with Crippen molar-refractivity contribution in [2.75, 3.05) is 6.54 Å². The second kappa shape index (κ2) is 4.73. The Balaban J connectivity index is 4.22. The van der Waals surface area contributed by atoms with Crippen LogP contribution in [0.1, 0.15) is 47.5 Å². The van der Waals surface area contributed by atoms with Crippen molar-refractivity contribution in [3.05, 3.63) is 10.1 Å². The maximum absolute atomic E-state index is 11.6. The fourth-order valence-electron chi connectivity index (χ4n) is 1.59. The Kier molecular flexibility index (Phi) is 4.43. The summed E-state index contributed by atoms with van der Waals surface area (Å²) in [5.74, 6) is 0.106. The highest BCUT2D eigenvalue weighted by atomic mass is 16.6. The van der Waals surface area contributed by atoms with Gasteiger partial charge in [0.2, 0.25) is 6.54 Å². The molecule has 0 aliphatic heterocycles. The van der Waals surface area contributed by atoms with E-state index >= 15 is 0 Å². The number of carbonyl (C=O) groups is 1. The Hall–Kier alpha value is -0.930. The molecule has 0 aromatic heterocycles. The number of hydrogen-bond donors (Lipinski definition) is 0. The van der Waals surface area contributed by atoms with Crippen LogP contribution < -0.4 is 0 Å². The zero-order valence-electron chi connectivity index (χ0n) is 10.3. The minimum atomic E-state index is -0.536. The van der Waals surface area contributed by atoms with Crippen molar-refractivity contribution in [3.8, 4) is 0 Å². The third-order valence-corrected chi connectivity index (χ3v) is 1.96. The molecule has 0 heterocycles. The van der Waals surface area contributed by atoms with Crippen molar-refractivity contribution in [1.29, 1.82) is 0 Å². The largest absolute Gasteiger partial charge is 0.300 e. The Bertz CT molecular complexity index is 251. The van der Waals surface area contributed by atoms with Gasteiger partial charge in [0.25, 0.3) is 0 Å². The highest BCUT2D eigenvalue weighted by molar-refractivity contribution is 5.79. The van der Waals surface area contributed by atoms with Gasteiger partial charge in [-0.2, -0.15) is 0 Å². The van der Waals surface area contributed by atoms with Gasteiger partial charge in [0.05, 0.1) is 0 Å². The van der Waals surface area contributed by atoms with Crippen LogP contribution in [0.4, 0.5) is 0 Å². The van der Waals surface area contributed by atoms with Crippen LogP contribution in [0.25, 0.3) is 0 Å². The van der Waals surface area contributed by atoms with Gasteiger partial charge in [-0.25, -0.2) is 0 Å². The highest BCUT2D eigenvalue weighted by Gasteiger charge is 2.29. The SMILES string of the molecule is CC(C)(C)CC(=O)CC(C)(C)C[N+](=O)[O-]. The normalized spacial score (nSPS) is 12.6. The summed E-state index contributed by atoms with van der Waals surface area (Å²) in [6.07, 6.45) is 0.763.